The average Bonchev–Trinajstić information content (AvgIpc) is 2.03. The molecule has 0 fully saturated rings. The van der Waals surface area contributed by atoms with Gasteiger partial charge in [-0.15, -0.1) is 0 Å². The molecule has 0 aliphatic carbocycles. The molecule has 1 aliphatic rings. The molecule has 0 saturated carbocycles. The van der Waals surface area contributed by atoms with Crippen LogP contribution in [0.5, 0.6) is 0 Å². The molecule has 0 saturated heterocycles. The van der Waals surface area contributed by atoms with E-state index < -0.39 is 0 Å². The van der Waals surface area contributed by atoms with Crippen molar-refractivity contribution in [2.24, 2.45) is 0 Å². The van der Waals surface area contributed by atoms with Crippen LogP contribution in [-0.4, -0.2) is 6.54 Å². The maximum Gasteiger partial charge on any atom is 0.0539 e. The molecule has 0 bridgehead atoms. The first kappa shape index (κ1) is 6.93. The Bertz CT molecular complexity index is 178. The highest BCUT2D eigenvalue weighted by atomic mass is 14.9. The van der Waals surface area contributed by atoms with Crippen molar-refractivity contribution in [3.63, 3.8) is 0 Å². The monoisotopic (exact) mass is 136 g/mol. The summed E-state index contributed by atoms with van der Waals surface area (Å²) in [6, 6.07) is 0. The van der Waals surface area contributed by atoms with Crippen LogP contribution in [0.15, 0.2) is 36.3 Å². The zero-order valence-corrected chi connectivity index (χ0v) is 6.09. The van der Waals surface area contributed by atoms with Gasteiger partial charge in [0.05, 0.1) is 5.70 Å². The van der Waals surface area contributed by atoms with Gasteiger partial charge in [0.15, 0.2) is 0 Å². The minimum atomic E-state index is 0.961. The lowest BCUT2D eigenvalue weighted by molar-refractivity contribution is 0.895. The van der Waals surface area contributed by atoms with Gasteiger partial charge in [0, 0.05) is 18.9 Å². The summed E-state index contributed by atoms with van der Waals surface area (Å²) >= 11 is 0. The number of dihydropyridines is 1. The Morgan fingerprint density at radius 2 is 2.50 bits per heavy atom. The molecule has 0 atom stereocenters. The minimum absolute atomic E-state index is 0.961. The number of allylic oxidation sites excluding steroid dienone is 3. The first-order valence-corrected chi connectivity index (χ1v) is 3.47. The summed E-state index contributed by atoms with van der Waals surface area (Å²) in [6.07, 6.45) is 9.84. The van der Waals surface area contributed by atoms with Crippen molar-refractivity contribution in [3.8, 4) is 0 Å². The lowest BCUT2D eigenvalue weighted by atomic mass is 10.3. The fraction of sp³-hybridized carbons (Fsp3) is 0.250. The summed E-state index contributed by atoms with van der Waals surface area (Å²) in [5.41, 5.74) is 1.10. The van der Waals surface area contributed by atoms with Gasteiger partial charge in [-0.2, -0.15) is 0 Å². The second-order valence-electron chi connectivity index (χ2n) is 2.02. The van der Waals surface area contributed by atoms with Gasteiger partial charge in [-0.3, -0.25) is 0 Å². The molecule has 1 heterocycles. The van der Waals surface area contributed by atoms with Crippen LogP contribution >= 0.6 is 0 Å². The van der Waals surface area contributed by atoms with E-state index in [9.17, 15) is 0 Å². The molecule has 2 N–H and O–H groups in total. The van der Waals surface area contributed by atoms with Crippen molar-refractivity contribution >= 4 is 0 Å². The van der Waals surface area contributed by atoms with Crippen LogP contribution in [0.25, 0.3) is 0 Å². The summed E-state index contributed by atoms with van der Waals surface area (Å²) in [6.45, 7) is 3.03. The van der Waals surface area contributed by atoms with Crippen LogP contribution in [0.1, 0.15) is 6.92 Å². The zero-order valence-electron chi connectivity index (χ0n) is 6.09. The van der Waals surface area contributed by atoms with Crippen LogP contribution in [0.3, 0.4) is 0 Å². The molecule has 54 valence electrons. The largest absolute Gasteiger partial charge is 0.390 e. The van der Waals surface area contributed by atoms with Gasteiger partial charge in [0.25, 0.3) is 0 Å². The summed E-state index contributed by atoms with van der Waals surface area (Å²) in [4.78, 5) is 0. The van der Waals surface area contributed by atoms with E-state index in [1.54, 1.807) is 0 Å². The van der Waals surface area contributed by atoms with Gasteiger partial charge in [-0.05, 0) is 19.1 Å². The van der Waals surface area contributed by atoms with Crippen molar-refractivity contribution in [2.75, 3.05) is 6.54 Å². The third-order valence-corrected chi connectivity index (χ3v) is 1.19. The van der Waals surface area contributed by atoms with Gasteiger partial charge < -0.3 is 10.6 Å². The van der Waals surface area contributed by atoms with Gasteiger partial charge in [-0.25, -0.2) is 0 Å². The lowest BCUT2D eigenvalue weighted by Crippen LogP contribution is -2.11. The van der Waals surface area contributed by atoms with E-state index in [1.165, 1.54) is 0 Å². The molecule has 0 aromatic rings. The second-order valence-corrected chi connectivity index (χ2v) is 2.02. The highest BCUT2D eigenvalue weighted by Gasteiger charge is 1.88. The summed E-state index contributed by atoms with van der Waals surface area (Å²) in [5, 5.41) is 6.19. The highest BCUT2D eigenvalue weighted by Crippen LogP contribution is 1.95. The van der Waals surface area contributed by atoms with Crippen molar-refractivity contribution in [1.29, 1.82) is 0 Å². The Balaban J connectivity index is 2.42. The topological polar surface area (TPSA) is 24.1 Å². The average molecular weight is 136 g/mol. The minimum Gasteiger partial charge on any atom is -0.390 e. The Labute approximate surface area is 61.3 Å². The Morgan fingerprint density at radius 1 is 1.60 bits per heavy atom. The molecule has 10 heavy (non-hydrogen) atoms. The quantitative estimate of drug-likeness (QED) is 0.594. The zero-order chi connectivity index (χ0) is 7.23. The van der Waals surface area contributed by atoms with Crippen molar-refractivity contribution in [3.05, 3.63) is 36.3 Å². The molecule has 0 radical (unpaired) electrons. The molecule has 0 aromatic heterocycles. The van der Waals surface area contributed by atoms with E-state index in [4.69, 9.17) is 0 Å². The highest BCUT2D eigenvalue weighted by molar-refractivity contribution is 5.26. The van der Waals surface area contributed by atoms with Gasteiger partial charge in [0.1, 0.15) is 0 Å². The normalized spacial score (nSPS) is 19.1. The maximum atomic E-state index is 3.11. The predicted octanol–water partition coefficient (Wildman–Crippen LogP) is 1.11. The lowest BCUT2D eigenvalue weighted by Gasteiger charge is -2.04. The van der Waals surface area contributed by atoms with Gasteiger partial charge >= 0.3 is 0 Å². The third kappa shape index (κ3) is 1.97. The van der Waals surface area contributed by atoms with Gasteiger partial charge in [-0.1, -0.05) is 6.08 Å². The molecule has 0 amide bonds. The fourth-order valence-electron chi connectivity index (χ4n) is 0.709. The maximum absolute atomic E-state index is 3.11. The molecule has 1 rings (SSSR count). The standard InChI is InChI=1S/C8H12N2/c1-2-9-7-8-5-3-4-6-10-8/h3-7,9-10H,2H2,1H3/b8-7-. The van der Waals surface area contributed by atoms with Crippen molar-refractivity contribution in [2.45, 2.75) is 6.92 Å². The number of hydrogen-bond acceptors (Lipinski definition) is 2. The van der Waals surface area contributed by atoms with E-state index in [-0.39, 0.29) is 0 Å². The summed E-state index contributed by atoms with van der Waals surface area (Å²) in [7, 11) is 0. The van der Waals surface area contributed by atoms with Crippen LogP contribution in [-0.2, 0) is 0 Å². The molecule has 2 nitrogen and oxygen atoms in total. The number of nitrogens with one attached hydrogen (secondary N) is 2. The first-order valence-electron chi connectivity index (χ1n) is 3.47. The van der Waals surface area contributed by atoms with Crippen LogP contribution in [0.4, 0.5) is 0 Å². The summed E-state index contributed by atoms with van der Waals surface area (Å²) < 4.78 is 0. The van der Waals surface area contributed by atoms with E-state index in [0.717, 1.165) is 12.2 Å². The fourth-order valence-corrected chi connectivity index (χ4v) is 0.709. The van der Waals surface area contributed by atoms with E-state index in [2.05, 4.69) is 17.6 Å². The molecular weight excluding hydrogens is 124 g/mol. The van der Waals surface area contributed by atoms with Gasteiger partial charge in [0.2, 0.25) is 0 Å². The number of rotatable bonds is 2. The molecule has 2 heteroatoms. The second kappa shape index (κ2) is 3.77. The Kier molecular flexibility index (Phi) is 2.62. The smallest absolute Gasteiger partial charge is 0.0539 e. The molecule has 0 spiro atoms. The Morgan fingerprint density at radius 3 is 3.10 bits per heavy atom. The van der Waals surface area contributed by atoms with E-state index in [1.807, 2.05) is 30.6 Å². The van der Waals surface area contributed by atoms with Crippen molar-refractivity contribution in [1.82, 2.24) is 10.6 Å². The van der Waals surface area contributed by atoms with Crippen LogP contribution < -0.4 is 10.6 Å². The molecule has 1 aliphatic heterocycles. The SMILES string of the molecule is CCN/C=C1/C=CC=CN1. The molecular formula is C8H12N2. The third-order valence-electron chi connectivity index (χ3n) is 1.19. The Hall–Kier alpha value is -1.18. The van der Waals surface area contributed by atoms with E-state index in [0.29, 0.717) is 0 Å². The first-order chi connectivity index (χ1) is 4.93. The van der Waals surface area contributed by atoms with Crippen molar-refractivity contribution < 1.29 is 0 Å². The van der Waals surface area contributed by atoms with E-state index >= 15 is 0 Å². The predicted molar refractivity (Wildman–Crippen MR) is 43.2 cm³/mol. The van der Waals surface area contributed by atoms with Crippen LogP contribution in [0, 0.1) is 0 Å². The molecule has 0 aromatic carbocycles. The molecule has 0 unspecified atom stereocenters. The number of hydrogen-bond donors (Lipinski definition) is 2. The summed E-state index contributed by atoms with van der Waals surface area (Å²) in [5.74, 6) is 0. The van der Waals surface area contributed by atoms with Crippen LogP contribution in [0.2, 0.25) is 0 Å².